The number of carboxylic acids is 3. The van der Waals surface area contributed by atoms with E-state index in [1.54, 1.807) is 0 Å². The van der Waals surface area contributed by atoms with Crippen molar-refractivity contribution < 1.29 is 34.4 Å². The second kappa shape index (κ2) is 7.98. The van der Waals surface area contributed by atoms with Crippen molar-refractivity contribution in [3.05, 3.63) is 0 Å². The van der Waals surface area contributed by atoms with Crippen LogP contribution in [0.15, 0.2) is 0 Å². The molecule has 0 spiro atoms. The molecule has 0 aliphatic rings. The van der Waals surface area contributed by atoms with Gasteiger partial charge in [0.15, 0.2) is 6.10 Å². The van der Waals surface area contributed by atoms with Crippen LogP contribution in [-0.4, -0.2) is 83.7 Å². The zero-order valence-corrected chi connectivity index (χ0v) is 9.38. The number of carbonyl (C=O) groups is 3. The number of rotatable bonds is 6. The van der Waals surface area contributed by atoms with Crippen LogP contribution in [0.2, 0.25) is 0 Å². The van der Waals surface area contributed by atoms with Crippen LogP contribution >= 0.6 is 0 Å². The van der Waals surface area contributed by atoms with E-state index in [-0.39, 0.29) is 37.7 Å². The molecular weight excluding hydrogens is 224 g/mol. The summed E-state index contributed by atoms with van der Waals surface area (Å²) in [7, 11) is 0. The van der Waals surface area contributed by atoms with Crippen molar-refractivity contribution in [1.82, 2.24) is 0 Å². The maximum absolute atomic E-state index is 10.3. The van der Waals surface area contributed by atoms with E-state index in [0.717, 1.165) is 0 Å². The summed E-state index contributed by atoms with van der Waals surface area (Å²) in [5, 5.41) is 24.7. The molecule has 0 saturated heterocycles. The summed E-state index contributed by atoms with van der Waals surface area (Å²) in [4.78, 5) is 30.3. The van der Waals surface area contributed by atoms with Crippen molar-refractivity contribution in [2.75, 3.05) is 6.61 Å². The molecule has 0 saturated carbocycles. The zero-order chi connectivity index (χ0) is 10.4. The Kier molecular flexibility index (Phi) is 9.16. The molecule has 0 aliphatic heterocycles. The van der Waals surface area contributed by atoms with Gasteiger partial charge < -0.3 is 20.1 Å². The van der Waals surface area contributed by atoms with Crippen LogP contribution in [0.25, 0.3) is 0 Å². The Morgan fingerprint density at radius 1 is 1.07 bits per heavy atom. The van der Waals surface area contributed by atoms with Crippen LogP contribution in [0.1, 0.15) is 6.42 Å². The molecule has 8 heteroatoms. The molecule has 3 N–H and O–H groups in total. The first-order valence-electron chi connectivity index (χ1n) is 3.21. The van der Waals surface area contributed by atoms with E-state index in [2.05, 4.69) is 4.74 Å². The summed E-state index contributed by atoms with van der Waals surface area (Å²) in [6, 6.07) is 0. The fourth-order valence-electron chi connectivity index (χ4n) is 0.548. The Morgan fingerprint density at radius 2 is 1.57 bits per heavy atom. The van der Waals surface area contributed by atoms with E-state index < -0.39 is 37.0 Å². The van der Waals surface area contributed by atoms with E-state index in [1.165, 1.54) is 0 Å². The standard InChI is InChI=1S/C6H8O7.Ca/c7-4(8)1-3(6(11)12)13-2-5(9)10;/h3H,1-2H2,(H,7,8)(H,9,10)(H,11,12);. The van der Waals surface area contributed by atoms with Gasteiger partial charge in [0, 0.05) is 37.7 Å². The van der Waals surface area contributed by atoms with Crippen LogP contribution < -0.4 is 0 Å². The number of ether oxygens (including phenoxy) is 1. The Bertz CT molecular complexity index is 226. The van der Waals surface area contributed by atoms with Gasteiger partial charge in [-0.05, 0) is 0 Å². The minimum absolute atomic E-state index is 0. The molecule has 0 aliphatic carbocycles. The summed E-state index contributed by atoms with van der Waals surface area (Å²) < 4.78 is 4.30. The number of hydrogen-bond donors (Lipinski definition) is 3. The normalized spacial score (nSPS) is 11.1. The molecule has 0 heterocycles. The van der Waals surface area contributed by atoms with Crippen molar-refractivity contribution >= 4 is 55.6 Å². The summed E-state index contributed by atoms with van der Waals surface area (Å²) in [5.41, 5.74) is 0. The van der Waals surface area contributed by atoms with Crippen LogP contribution in [0.4, 0.5) is 0 Å². The smallest absolute Gasteiger partial charge is 0.333 e. The molecule has 0 rings (SSSR count). The predicted molar refractivity (Wildman–Crippen MR) is 43.0 cm³/mol. The molecule has 1 atom stereocenters. The van der Waals surface area contributed by atoms with Gasteiger partial charge in [0.05, 0.1) is 6.42 Å². The SMILES string of the molecule is O=C(O)COC(CC(=O)O)C(=O)O.[Ca]. The summed E-state index contributed by atoms with van der Waals surface area (Å²) in [6.07, 6.45) is -2.38. The third-order valence-electron chi connectivity index (χ3n) is 1.04. The average Bonchev–Trinajstić information content (AvgIpc) is 1.96. The largest absolute Gasteiger partial charge is 0.481 e. The van der Waals surface area contributed by atoms with E-state index >= 15 is 0 Å². The van der Waals surface area contributed by atoms with E-state index in [9.17, 15) is 14.4 Å². The Morgan fingerprint density at radius 3 is 1.86 bits per heavy atom. The first-order chi connectivity index (χ1) is 5.93. The van der Waals surface area contributed by atoms with E-state index in [1.807, 2.05) is 0 Å². The molecule has 14 heavy (non-hydrogen) atoms. The minimum Gasteiger partial charge on any atom is -0.481 e. The average molecular weight is 232 g/mol. The fraction of sp³-hybridized carbons (Fsp3) is 0.500. The molecule has 0 amide bonds. The first-order valence-corrected chi connectivity index (χ1v) is 3.21. The predicted octanol–water partition coefficient (Wildman–Crippen LogP) is -1.37. The number of carboxylic acid groups (broad SMARTS) is 3. The van der Waals surface area contributed by atoms with Gasteiger partial charge in [-0.25, -0.2) is 9.59 Å². The number of hydrogen-bond acceptors (Lipinski definition) is 4. The quantitative estimate of drug-likeness (QED) is 0.483. The molecule has 0 aromatic carbocycles. The van der Waals surface area contributed by atoms with Crippen molar-refractivity contribution in [1.29, 1.82) is 0 Å². The first kappa shape index (κ1) is 16.1. The van der Waals surface area contributed by atoms with Crippen molar-refractivity contribution in [2.45, 2.75) is 12.5 Å². The number of aliphatic carboxylic acids is 3. The molecule has 76 valence electrons. The summed E-state index contributed by atoms with van der Waals surface area (Å²) in [5.74, 6) is -4.21. The molecule has 1 unspecified atom stereocenters. The van der Waals surface area contributed by atoms with Gasteiger partial charge in [0.25, 0.3) is 0 Å². The monoisotopic (exact) mass is 232 g/mol. The van der Waals surface area contributed by atoms with Crippen molar-refractivity contribution in [3.8, 4) is 0 Å². The summed E-state index contributed by atoms with van der Waals surface area (Å²) >= 11 is 0. The Balaban J connectivity index is 0. The molecule has 0 aromatic heterocycles. The topological polar surface area (TPSA) is 121 Å². The van der Waals surface area contributed by atoms with Crippen molar-refractivity contribution in [2.24, 2.45) is 0 Å². The summed E-state index contributed by atoms with van der Waals surface area (Å²) in [6.45, 7) is -0.829. The molecule has 0 fully saturated rings. The molecule has 0 bridgehead atoms. The van der Waals surface area contributed by atoms with Gasteiger partial charge in [-0.1, -0.05) is 0 Å². The van der Waals surface area contributed by atoms with E-state index in [0.29, 0.717) is 0 Å². The van der Waals surface area contributed by atoms with Gasteiger partial charge in [-0.3, -0.25) is 4.79 Å². The third-order valence-corrected chi connectivity index (χ3v) is 1.04. The van der Waals surface area contributed by atoms with E-state index in [4.69, 9.17) is 15.3 Å². The van der Waals surface area contributed by atoms with Crippen LogP contribution in [0.3, 0.4) is 0 Å². The third kappa shape index (κ3) is 8.24. The Hall–Kier alpha value is -0.370. The molecule has 0 aromatic rings. The second-order valence-corrected chi connectivity index (χ2v) is 2.13. The fourth-order valence-corrected chi connectivity index (χ4v) is 0.548. The van der Waals surface area contributed by atoms with Crippen LogP contribution in [0, 0.1) is 0 Å². The zero-order valence-electron chi connectivity index (χ0n) is 7.17. The minimum atomic E-state index is -1.62. The van der Waals surface area contributed by atoms with Gasteiger partial charge in [0.2, 0.25) is 0 Å². The van der Waals surface area contributed by atoms with Gasteiger partial charge in [0.1, 0.15) is 6.61 Å². The Labute approximate surface area is 109 Å². The molecule has 7 nitrogen and oxygen atoms in total. The maximum Gasteiger partial charge on any atom is 0.333 e. The molecular formula is C6H8CaO7. The van der Waals surface area contributed by atoms with Gasteiger partial charge in [-0.2, -0.15) is 0 Å². The van der Waals surface area contributed by atoms with Crippen LogP contribution in [-0.2, 0) is 19.1 Å². The maximum atomic E-state index is 10.3. The van der Waals surface area contributed by atoms with Crippen molar-refractivity contribution in [3.63, 3.8) is 0 Å². The van der Waals surface area contributed by atoms with Gasteiger partial charge in [-0.15, -0.1) is 0 Å². The second-order valence-electron chi connectivity index (χ2n) is 2.13. The van der Waals surface area contributed by atoms with Crippen LogP contribution in [0.5, 0.6) is 0 Å². The van der Waals surface area contributed by atoms with Gasteiger partial charge >= 0.3 is 17.9 Å². The molecule has 2 radical (unpaired) electrons.